The van der Waals surface area contributed by atoms with Gasteiger partial charge in [-0.15, -0.1) is 0 Å². The molecule has 1 saturated heterocycles. The van der Waals surface area contributed by atoms with Gasteiger partial charge in [-0.25, -0.2) is 0 Å². The third-order valence-electron chi connectivity index (χ3n) is 3.77. The predicted molar refractivity (Wildman–Crippen MR) is 72.0 cm³/mol. The van der Waals surface area contributed by atoms with Crippen molar-refractivity contribution in [3.63, 3.8) is 0 Å². The zero-order chi connectivity index (χ0) is 12.7. The van der Waals surface area contributed by atoms with E-state index in [0.717, 1.165) is 45.2 Å². The Morgan fingerprint density at radius 1 is 1.29 bits per heavy atom. The van der Waals surface area contributed by atoms with Gasteiger partial charge in [0.15, 0.2) is 0 Å². The monoisotopic (exact) mass is 240 g/mol. The summed E-state index contributed by atoms with van der Waals surface area (Å²) in [5, 5.41) is 3.45. The van der Waals surface area contributed by atoms with Crippen LogP contribution < -0.4 is 5.32 Å². The molecule has 3 heteroatoms. The van der Waals surface area contributed by atoms with Crippen molar-refractivity contribution in [3.05, 3.63) is 0 Å². The summed E-state index contributed by atoms with van der Waals surface area (Å²) in [6.07, 6.45) is 7.74. The van der Waals surface area contributed by atoms with E-state index >= 15 is 0 Å². The molecule has 1 heterocycles. The lowest BCUT2D eigenvalue weighted by atomic mass is 9.90. The van der Waals surface area contributed by atoms with Crippen LogP contribution >= 0.6 is 0 Å². The Labute approximate surface area is 106 Å². The van der Waals surface area contributed by atoms with Gasteiger partial charge in [0.25, 0.3) is 0 Å². The second-order valence-corrected chi connectivity index (χ2v) is 5.30. The zero-order valence-electron chi connectivity index (χ0n) is 11.7. The number of hydrogen-bond donors (Lipinski definition) is 1. The van der Waals surface area contributed by atoms with Crippen LogP contribution in [0.5, 0.6) is 0 Å². The first-order chi connectivity index (χ1) is 8.16. The van der Waals surface area contributed by atoms with Crippen molar-refractivity contribution >= 4 is 5.91 Å². The zero-order valence-corrected chi connectivity index (χ0v) is 11.7. The average Bonchev–Trinajstić information content (AvgIpc) is 2.78. The lowest BCUT2D eigenvalue weighted by molar-refractivity contribution is -0.136. The van der Waals surface area contributed by atoms with Gasteiger partial charge in [0.05, 0.1) is 5.54 Å². The minimum absolute atomic E-state index is 0.240. The number of nitrogens with one attached hydrogen (secondary N) is 1. The van der Waals surface area contributed by atoms with Crippen molar-refractivity contribution in [2.45, 2.75) is 64.3 Å². The van der Waals surface area contributed by atoms with E-state index in [9.17, 15) is 4.79 Å². The van der Waals surface area contributed by atoms with Crippen LogP contribution in [0.3, 0.4) is 0 Å². The van der Waals surface area contributed by atoms with Crippen molar-refractivity contribution in [3.8, 4) is 0 Å². The normalized spacial score (nSPS) is 23.9. The van der Waals surface area contributed by atoms with E-state index in [4.69, 9.17) is 0 Å². The highest BCUT2D eigenvalue weighted by Gasteiger charge is 2.41. The SMILES string of the molecule is CCCCCN(C)C(=O)C1(CCC)CCCN1. The lowest BCUT2D eigenvalue weighted by Gasteiger charge is -2.32. The molecule has 3 nitrogen and oxygen atoms in total. The van der Waals surface area contributed by atoms with Crippen molar-refractivity contribution < 1.29 is 4.79 Å². The molecular weight excluding hydrogens is 212 g/mol. The number of nitrogens with zero attached hydrogens (tertiary/aromatic N) is 1. The molecule has 1 amide bonds. The van der Waals surface area contributed by atoms with Gasteiger partial charge in [-0.2, -0.15) is 0 Å². The van der Waals surface area contributed by atoms with Crippen molar-refractivity contribution in [1.29, 1.82) is 0 Å². The Balaban J connectivity index is 2.52. The Kier molecular flexibility index (Phi) is 5.96. The van der Waals surface area contributed by atoms with Gasteiger partial charge >= 0.3 is 0 Å². The maximum absolute atomic E-state index is 12.5. The van der Waals surface area contributed by atoms with Gasteiger partial charge in [0, 0.05) is 13.6 Å². The predicted octanol–water partition coefficient (Wildman–Crippen LogP) is 2.56. The molecule has 0 aromatic heterocycles. The number of carbonyl (C=O) groups excluding carboxylic acids is 1. The van der Waals surface area contributed by atoms with Crippen LogP contribution in [0.1, 0.15) is 58.8 Å². The Hall–Kier alpha value is -0.570. The molecule has 100 valence electrons. The fourth-order valence-corrected chi connectivity index (χ4v) is 2.80. The second-order valence-electron chi connectivity index (χ2n) is 5.30. The number of amides is 1. The number of likely N-dealkylation sites (N-methyl/N-ethyl adjacent to an activating group) is 1. The van der Waals surface area contributed by atoms with Gasteiger partial charge in [0.1, 0.15) is 0 Å². The molecular formula is C14H28N2O. The Morgan fingerprint density at radius 3 is 2.59 bits per heavy atom. The van der Waals surface area contributed by atoms with Crippen LogP contribution in [0.2, 0.25) is 0 Å². The highest BCUT2D eigenvalue weighted by Crippen LogP contribution is 2.26. The Morgan fingerprint density at radius 2 is 2.06 bits per heavy atom. The van der Waals surface area contributed by atoms with E-state index < -0.39 is 0 Å². The molecule has 1 N–H and O–H groups in total. The lowest BCUT2D eigenvalue weighted by Crippen LogP contribution is -2.54. The molecule has 1 aliphatic heterocycles. The van der Waals surface area contributed by atoms with E-state index in [1.54, 1.807) is 0 Å². The third-order valence-corrected chi connectivity index (χ3v) is 3.77. The molecule has 17 heavy (non-hydrogen) atoms. The summed E-state index contributed by atoms with van der Waals surface area (Å²) in [5.74, 6) is 0.313. The van der Waals surface area contributed by atoms with Crippen LogP contribution in [0, 0.1) is 0 Å². The summed E-state index contributed by atoms with van der Waals surface area (Å²) in [6.45, 7) is 6.25. The largest absolute Gasteiger partial charge is 0.344 e. The quantitative estimate of drug-likeness (QED) is 0.694. The molecule has 0 bridgehead atoms. The summed E-state index contributed by atoms with van der Waals surface area (Å²) >= 11 is 0. The molecule has 0 aromatic carbocycles. The molecule has 0 aliphatic carbocycles. The van der Waals surface area contributed by atoms with Crippen LogP contribution in [0.25, 0.3) is 0 Å². The van der Waals surface area contributed by atoms with Gasteiger partial charge in [-0.1, -0.05) is 33.1 Å². The van der Waals surface area contributed by atoms with Gasteiger partial charge < -0.3 is 10.2 Å². The minimum Gasteiger partial charge on any atom is -0.344 e. The highest BCUT2D eigenvalue weighted by molar-refractivity contribution is 5.86. The second kappa shape index (κ2) is 7.00. The maximum Gasteiger partial charge on any atom is 0.242 e. The van der Waals surface area contributed by atoms with Gasteiger partial charge in [-0.05, 0) is 32.2 Å². The number of carbonyl (C=O) groups is 1. The highest BCUT2D eigenvalue weighted by atomic mass is 16.2. The molecule has 0 aromatic rings. The van der Waals surface area contributed by atoms with Crippen molar-refractivity contribution in [2.75, 3.05) is 20.1 Å². The van der Waals surface area contributed by atoms with Crippen LogP contribution in [0.15, 0.2) is 0 Å². The maximum atomic E-state index is 12.5. The molecule has 1 aliphatic rings. The van der Waals surface area contributed by atoms with Gasteiger partial charge in [0.2, 0.25) is 5.91 Å². The average molecular weight is 240 g/mol. The standard InChI is InChI=1S/C14H28N2O/c1-4-6-7-12-16(3)13(17)14(9-5-2)10-8-11-15-14/h15H,4-12H2,1-3H3. The summed E-state index contributed by atoms with van der Waals surface area (Å²) in [6, 6.07) is 0. The van der Waals surface area contributed by atoms with Crippen molar-refractivity contribution in [1.82, 2.24) is 10.2 Å². The summed E-state index contributed by atoms with van der Waals surface area (Å²) in [5.41, 5.74) is -0.240. The molecule has 0 spiro atoms. The molecule has 0 radical (unpaired) electrons. The smallest absolute Gasteiger partial charge is 0.242 e. The van der Waals surface area contributed by atoms with Crippen LogP contribution in [0.4, 0.5) is 0 Å². The van der Waals surface area contributed by atoms with E-state index in [2.05, 4.69) is 19.2 Å². The van der Waals surface area contributed by atoms with E-state index in [1.165, 1.54) is 12.8 Å². The number of unbranched alkanes of at least 4 members (excludes halogenated alkanes) is 2. The third kappa shape index (κ3) is 3.70. The van der Waals surface area contributed by atoms with Crippen molar-refractivity contribution in [2.24, 2.45) is 0 Å². The fraction of sp³-hybridized carbons (Fsp3) is 0.929. The first-order valence-electron chi connectivity index (χ1n) is 7.17. The van der Waals surface area contributed by atoms with Gasteiger partial charge in [-0.3, -0.25) is 4.79 Å². The molecule has 1 fully saturated rings. The summed E-state index contributed by atoms with van der Waals surface area (Å²) in [7, 11) is 1.95. The first kappa shape index (κ1) is 14.5. The molecule has 1 unspecified atom stereocenters. The van der Waals surface area contributed by atoms with Crippen LogP contribution in [-0.4, -0.2) is 36.5 Å². The van der Waals surface area contributed by atoms with E-state index in [-0.39, 0.29) is 5.54 Å². The molecule has 1 atom stereocenters. The summed E-state index contributed by atoms with van der Waals surface area (Å²) < 4.78 is 0. The topological polar surface area (TPSA) is 32.3 Å². The number of rotatable bonds is 7. The number of hydrogen-bond acceptors (Lipinski definition) is 2. The van der Waals surface area contributed by atoms with E-state index in [0.29, 0.717) is 5.91 Å². The summed E-state index contributed by atoms with van der Waals surface area (Å²) in [4.78, 5) is 14.4. The minimum atomic E-state index is -0.240. The molecule has 1 rings (SSSR count). The Bertz CT molecular complexity index is 234. The molecule has 0 saturated carbocycles. The first-order valence-corrected chi connectivity index (χ1v) is 7.17. The fourth-order valence-electron chi connectivity index (χ4n) is 2.80. The van der Waals surface area contributed by atoms with Crippen LogP contribution in [-0.2, 0) is 4.79 Å². The van der Waals surface area contributed by atoms with E-state index in [1.807, 2.05) is 11.9 Å².